The second kappa shape index (κ2) is 7.86. The smallest absolute Gasteiger partial charge is 0.229 e. The molecule has 0 spiro atoms. The maximum absolute atomic E-state index is 11.2. The highest BCUT2D eigenvalue weighted by Crippen LogP contribution is 2.28. The highest BCUT2D eigenvalue weighted by atomic mass is 35.5. The quantitative estimate of drug-likeness (QED) is 0.744. The molecular formula is C14H22ClNO3S. The topological polar surface area (TPSA) is 55.4 Å². The summed E-state index contributed by atoms with van der Waals surface area (Å²) in [6.45, 7) is 5.53. The Labute approximate surface area is 126 Å². The van der Waals surface area contributed by atoms with Gasteiger partial charge in [-0.1, -0.05) is 37.9 Å². The number of anilines is 1. The molecule has 0 radical (unpaired) electrons. The average molecular weight is 320 g/mol. The van der Waals surface area contributed by atoms with Gasteiger partial charge >= 0.3 is 0 Å². The van der Waals surface area contributed by atoms with Crippen molar-refractivity contribution in [3.05, 3.63) is 28.8 Å². The minimum Gasteiger partial charge on any atom is -0.381 e. The van der Waals surface area contributed by atoms with Crippen LogP contribution in [-0.2, 0) is 14.8 Å². The summed E-state index contributed by atoms with van der Waals surface area (Å²) in [4.78, 5) is 0. The van der Waals surface area contributed by atoms with Crippen LogP contribution in [0.3, 0.4) is 0 Å². The molecule has 0 heterocycles. The summed E-state index contributed by atoms with van der Waals surface area (Å²) < 4.78 is 30.3. The summed E-state index contributed by atoms with van der Waals surface area (Å²) in [5, 5.41) is 0.547. The van der Waals surface area contributed by atoms with Crippen LogP contribution < -0.4 is 4.72 Å². The maximum atomic E-state index is 11.2. The molecule has 4 nitrogen and oxygen atoms in total. The molecule has 0 aliphatic carbocycles. The number of ether oxygens (including phenoxy) is 1. The molecule has 0 amide bonds. The van der Waals surface area contributed by atoms with Gasteiger partial charge in [-0.2, -0.15) is 0 Å². The molecular weight excluding hydrogens is 298 g/mol. The molecule has 1 aromatic rings. The fourth-order valence-electron chi connectivity index (χ4n) is 1.80. The minimum absolute atomic E-state index is 0.173. The zero-order valence-corrected chi connectivity index (χ0v) is 13.7. The summed E-state index contributed by atoms with van der Waals surface area (Å²) in [6, 6.07) is 5.18. The highest BCUT2D eigenvalue weighted by Gasteiger charge is 2.11. The second-order valence-electron chi connectivity index (χ2n) is 4.94. The lowest BCUT2D eigenvalue weighted by atomic mass is 10.0. The van der Waals surface area contributed by atoms with Gasteiger partial charge in [-0.3, -0.25) is 4.72 Å². The first-order chi connectivity index (χ1) is 9.33. The Hall–Kier alpha value is -0.780. The number of nitrogens with one attached hydrogen (secondary N) is 1. The number of rotatable bonds is 8. The number of unbranched alkanes of at least 4 members (excludes halogenated alkanes) is 1. The Balaban J connectivity index is 2.67. The van der Waals surface area contributed by atoms with E-state index in [1.165, 1.54) is 0 Å². The molecule has 6 heteroatoms. The molecule has 0 bridgehead atoms. The average Bonchev–Trinajstić information content (AvgIpc) is 2.32. The zero-order chi connectivity index (χ0) is 15.2. The van der Waals surface area contributed by atoms with E-state index in [9.17, 15) is 8.42 Å². The molecule has 1 atom stereocenters. The van der Waals surface area contributed by atoms with E-state index in [1.807, 2.05) is 13.0 Å². The number of halogens is 1. The molecule has 0 aliphatic heterocycles. The third-order valence-corrected chi connectivity index (χ3v) is 3.78. The molecule has 1 aromatic carbocycles. The molecule has 20 heavy (non-hydrogen) atoms. The van der Waals surface area contributed by atoms with Crippen LogP contribution in [0.1, 0.15) is 38.2 Å². The largest absolute Gasteiger partial charge is 0.381 e. The van der Waals surface area contributed by atoms with Crippen molar-refractivity contribution in [2.75, 3.05) is 24.2 Å². The number of sulfonamides is 1. The van der Waals surface area contributed by atoms with E-state index in [2.05, 4.69) is 11.6 Å². The van der Waals surface area contributed by atoms with Gasteiger partial charge in [0.2, 0.25) is 10.0 Å². The summed E-state index contributed by atoms with van der Waals surface area (Å²) in [5.74, 6) is 0.173. The van der Waals surface area contributed by atoms with Crippen LogP contribution in [-0.4, -0.2) is 27.9 Å². The molecule has 1 rings (SSSR count). The van der Waals surface area contributed by atoms with E-state index < -0.39 is 10.0 Å². The normalized spacial score (nSPS) is 13.2. The van der Waals surface area contributed by atoms with E-state index in [4.69, 9.17) is 16.3 Å². The number of benzene rings is 1. The molecule has 1 unspecified atom stereocenters. The Bertz CT molecular complexity index is 531. The van der Waals surface area contributed by atoms with Gasteiger partial charge in [0, 0.05) is 23.2 Å². The first-order valence-corrected chi connectivity index (χ1v) is 8.95. The van der Waals surface area contributed by atoms with Gasteiger partial charge in [-0.25, -0.2) is 8.42 Å². The van der Waals surface area contributed by atoms with Crippen molar-refractivity contribution in [2.24, 2.45) is 0 Å². The van der Waals surface area contributed by atoms with Crippen LogP contribution in [0.25, 0.3) is 0 Å². The summed E-state index contributed by atoms with van der Waals surface area (Å²) in [5.41, 5.74) is 1.43. The van der Waals surface area contributed by atoms with E-state index in [1.54, 1.807) is 12.1 Å². The number of hydrogen-bond acceptors (Lipinski definition) is 3. The maximum Gasteiger partial charge on any atom is 0.229 e. The monoisotopic (exact) mass is 319 g/mol. The highest BCUT2D eigenvalue weighted by molar-refractivity contribution is 7.92. The van der Waals surface area contributed by atoms with E-state index in [0.717, 1.165) is 31.3 Å². The van der Waals surface area contributed by atoms with Crippen molar-refractivity contribution >= 4 is 27.3 Å². The van der Waals surface area contributed by atoms with Crippen molar-refractivity contribution in [3.8, 4) is 0 Å². The van der Waals surface area contributed by atoms with Gasteiger partial charge in [0.1, 0.15) is 0 Å². The van der Waals surface area contributed by atoms with Gasteiger partial charge in [0.05, 0.1) is 12.9 Å². The molecule has 0 aromatic heterocycles. The third kappa shape index (κ3) is 6.11. The number of hydrogen-bond donors (Lipinski definition) is 1. The fourth-order valence-corrected chi connectivity index (χ4v) is 2.72. The van der Waals surface area contributed by atoms with E-state index in [0.29, 0.717) is 17.3 Å². The van der Waals surface area contributed by atoms with Crippen molar-refractivity contribution in [1.29, 1.82) is 0 Å². The molecule has 0 saturated heterocycles. The molecule has 0 fully saturated rings. The predicted molar refractivity (Wildman–Crippen MR) is 84.1 cm³/mol. The van der Waals surface area contributed by atoms with Crippen molar-refractivity contribution in [1.82, 2.24) is 0 Å². The van der Waals surface area contributed by atoms with Gasteiger partial charge in [0.15, 0.2) is 0 Å². The minimum atomic E-state index is -3.28. The van der Waals surface area contributed by atoms with E-state index >= 15 is 0 Å². The fraction of sp³-hybridized carbons (Fsp3) is 0.571. The third-order valence-electron chi connectivity index (χ3n) is 2.84. The van der Waals surface area contributed by atoms with Gasteiger partial charge in [-0.05, 0) is 24.1 Å². The molecule has 0 aliphatic rings. The van der Waals surface area contributed by atoms with Gasteiger partial charge < -0.3 is 4.74 Å². The summed E-state index contributed by atoms with van der Waals surface area (Å²) >= 11 is 6.20. The zero-order valence-electron chi connectivity index (χ0n) is 12.1. The van der Waals surface area contributed by atoms with Crippen molar-refractivity contribution < 1.29 is 13.2 Å². The molecule has 0 saturated carbocycles. The van der Waals surface area contributed by atoms with Crippen LogP contribution in [0.15, 0.2) is 18.2 Å². The van der Waals surface area contributed by atoms with Crippen LogP contribution in [0.2, 0.25) is 5.02 Å². The first-order valence-electron chi connectivity index (χ1n) is 6.68. The summed E-state index contributed by atoms with van der Waals surface area (Å²) in [6.07, 6.45) is 3.28. The standard InChI is InChI=1S/C14H22ClNO3S/c1-4-5-8-19-10-11(2)13-7-6-12(9-14(13)15)16-20(3,17)18/h6-7,9,11,16H,4-5,8,10H2,1-3H3. The van der Waals surface area contributed by atoms with E-state index in [-0.39, 0.29) is 5.92 Å². The Morgan fingerprint density at radius 3 is 2.65 bits per heavy atom. The molecule has 114 valence electrons. The summed E-state index contributed by atoms with van der Waals surface area (Å²) in [7, 11) is -3.28. The van der Waals surface area contributed by atoms with Gasteiger partial charge in [0.25, 0.3) is 0 Å². The lowest BCUT2D eigenvalue weighted by molar-refractivity contribution is 0.121. The Morgan fingerprint density at radius 1 is 1.40 bits per heavy atom. The van der Waals surface area contributed by atoms with Crippen LogP contribution >= 0.6 is 11.6 Å². The van der Waals surface area contributed by atoms with Crippen LogP contribution in [0.5, 0.6) is 0 Å². The van der Waals surface area contributed by atoms with Crippen molar-refractivity contribution in [3.63, 3.8) is 0 Å². The Kier molecular flexibility index (Phi) is 6.79. The predicted octanol–water partition coefficient (Wildman–Crippen LogP) is 3.63. The van der Waals surface area contributed by atoms with Gasteiger partial charge in [-0.15, -0.1) is 0 Å². The van der Waals surface area contributed by atoms with Crippen LogP contribution in [0.4, 0.5) is 5.69 Å². The lowest BCUT2D eigenvalue weighted by Crippen LogP contribution is -2.10. The second-order valence-corrected chi connectivity index (χ2v) is 7.10. The van der Waals surface area contributed by atoms with Crippen LogP contribution in [0, 0.1) is 0 Å². The first kappa shape index (κ1) is 17.3. The SMILES string of the molecule is CCCCOCC(C)c1ccc(NS(C)(=O)=O)cc1Cl. The molecule has 1 N–H and O–H groups in total. The lowest BCUT2D eigenvalue weighted by Gasteiger charge is -2.15. The van der Waals surface area contributed by atoms with Crippen molar-refractivity contribution in [2.45, 2.75) is 32.6 Å². The Morgan fingerprint density at radius 2 is 2.10 bits per heavy atom.